The third-order valence-corrected chi connectivity index (χ3v) is 3.14. The van der Waals surface area contributed by atoms with Crippen molar-refractivity contribution in [3.63, 3.8) is 0 Å². The molecule has 2 heterocycles. The van der Waals surface area contributed by atoms with Crippen LogP contribution >= 0.6 is 0 Å². The lowest BCUT2D eigenvalue weighted by Gasteiger charge is -2.33. The molecule has 0 amide bonds. The Bertz CT molecular complexity index is 541. The van der Waals surface area contributed by atoms with Crippen LogP contribution in [0.2, 0.25) is 0 Å². The molecular formula is C13H19N3O4. The predicted octanol–water partition coefficient (Wildman–Crippen LogP) is 0.189. The second-order valence-corrected chi connectivity index (χ2v) is 5.22. The summed E-state index contributed by atoms with van der Waals surface area (Å²) < 4.78 is 6.74. The summed E-state index contributed by atoms with van der Waals surface area (Å²) in [5.41, 5.74) is -0.255. The highest BCUT2D eigenvalue weighted by Crippen LogP contribution is 2.13. The molecule has 7 heteroatoms. The van der Waals surface area contributed by atoms with Crippen LogP contribution < -0.4 is 10.5 Å². The summed E-state index contributed by atoms with van der Waals surface area (Å²) in [6.07, 6.45) is 3.16. The number of carboxylic acid groups (broad SMARTS) is 1. The largest absolute Gasteiger partial charge is 0.480 e. The molecule has 0 aliphatic carbocycles. The SMILES string of the molecule is CC(C)Cn1ccnc(N2CCOCC2C(=O)O)c1=O. The number of anilines is 1. The highest BCUT2D eigenvalue weighted by atomic mass is 16.5. The van der Waals surface area contributed by atoms with E-state index in [2.05, 4.69) is 4.98 Å². The molecule has 1 aromatic heterocycles. The molecule has 1 aliphatic heterocycles. The highest BCUT2D eigenvalue weighted by molar-refractivity contribution is 5.78. The van der Waals surface area contributed by atoms with Crippen LogP contribution in [0.25, 0.3) is 0 Å². The number of rotatable bonds is 4. The lowest BCUT2D eigenvalue weighted by atomic mass is 10.2. The van der Waals surface area contributed by atoms with Gasteiger partial charge in [-0.3, -0.25) is 4.79 Å². The van der Waals surface area contributed by atoms with Crippen LogP contribution in [0, 0.1) is 5.92 Å². The van der Waals surface area contributed by atoms with Gasteiger partial charge >= 0.3 is 5.97 Å². The van der Waals surface area contributed by atoms with Crippen molar-refractivity contribution in [1.82, 2.24) is 9.55 Å². The molecule has 1 saturated heterocycles. The van der Waals surface area contributed by atoms with Crippen LogP contribution in [0.5, 0.6) is 0 Å². The fraction of sp³-hybridized carbons (Fsp3) is 0.615. The van der Waals surface area contributed by atoms with Gasteiger partial charge in [-0.05, 0) is 5.92 Å². The standard InChI is InChI=1S/C13H19N3O4/c1-9(2)7-15-4-3-14-11(12(15)17)16-5-6-20-8-10(16)13(18)19/h3-4,9-10H,5-8H2,1-2H3,(H,18,19). The van der Waals surface area contributed by atoms with Gasteiger partial charge in [0.15, 0.2) is 11.9 Å². The van der Waals surface area contributed by atoms with Crippen LogP contribution in [0.1, 0.15) is 13.8 Å². The fourth-order valence-corrected chi connectivity index (χ4v) is 2.23. The molecule has 0 spiro atoms. The van der Waals surface area contributed by atoms with Gasteiger partial charge in [0.2, 0.25) is 0 Å². The summed E-state index contributed by atoms with van der Waals surface area (Å²) in [5.74, 6) is -0.503. The van der Waals surface area contributed by atoms with Crippen molar-refractivity contribution in [2.75, 3.05) is 24.7 Å². The van der Waals surface area contributed by atoms with Crippen molar-refractivity contribution in [2.45, 2.75) is 26.4 Å². The average Bonchev–Trinajstić information content (AvgIpc) is 2.40. The molecule has 0 aromatic carbocycles. The molecule has 110 valence electrons. The van der Waals surface area contributed by atoms with E-state index >= 15 is 0 Å². The van der Waals surface area contributed by atoms with Crippen LogP contribution in [0.15, 0.2) is 17.2 Å². The van der Waals surface area contributed by atoms with E-state index in [1.54, 1.807) is 10.8 Å². The third kappa shape index (κ3) is 2.98. The smallest absolute Gasteiger partial charge is 0.328 e. The Morgan fingerprint density at radius 1 is 1.60 bits per heavy atom. The van der Waals surface area contributed by atoms with E-state index in [4.69, 9.17) is 4.74 Å². The maximum Gasteiger partial charge on any atom is 0.328 e. The lowest BCUT2D eigenvalue weighted by Crippen LogP contribution is -2.52. The minimum Gasteiger partial charge on any atom is -0.480 e. The molecule has 0 radical (unpaired) electrons. The van der Waals surface area contributed by atoms with Crippen LogP contribution in [0.3, 0.4) is 0 Å². The quantitative estimate of drug-likeness (QED) is 0.848. The first kappa shape index (κ1) is 14.5. The summed E-state index contributed by atoms with van der Waals surface area (Å²) in [6, 6.07) is -0.862. The second-order valence-electron chi connectivity index (χ2n) is 5.22. The minimum atomic E-state index is -1.01. The molecule has 20 heavy (non-hydrogen) atoms. The number of carboxylic acids is 1. The van der Waals surface area contributed by atoms with E-state index in [9.17, 15) is 14.7 Å². The highest BCUT2D eigenvalue weighted by Gasteiger charge is 2.31. The summed E-state index contributed by atoms with van der Waals surface area (Å²) in [6.45, 7) is 5.42. The number of morpholine rings is 1. The monoisotopic (exact) mass is 281 g/mol. The molecule has 1 fully saturated rings. The van der Waals surface area contributed by atoms with E-state index in [0.717, 1.165) is 0 Å². The molecule has 0 bridgehead atoms. The zero-order chi connectivity index (χ0) is 14.7. The number of nitrogens with zero attached hydrogens (tertiary/aromatic N) is 3. The summed E-state index contributed by atoms with van der Waals surface area (Å²) >= 11 is 0. The average molecular weight is 281 g/mol. The molecule has 1 unspecified atom stereocenters. The molecular weight excluding hydrogens is 262 g/mol. The predicted molar refractivity (Wildman–Crippen MR) is 72.9 cm³/mol. The number of ether oxygens (including phenoxy) is 1. The van der Waals surface area contributed by atoms with Gasteiger partial charge in [-0.1, -0.05) is 13.8 Å². The molecule has 1 aliphatic rings. The molecule has 1 N–H and O–H groups in total. The van der Waals surface area contributed by atoms with Gasteiger partial charge in [-0.25, -0.2) is 9.78 Å². The maximum atomic E-state index is 12.4. The molecule has 1 atom stereocenters. The van der Waals surface area contributed by atoms with Gasteiger partial charge in [0.25, 0.3) is 5.56 Å². The lowest BCUT2D eigenvalue weighted by molar-refractivity contribution is -0.141. The Morgan fingerprint density at radius 2 is 2.35 bits per heavy atom. The Morgan fingerprint density at radius 3 is 3.00 bits per heavy atom. The first-order chi connectivity index (χ1) is 9.50. The van der Waals surface area contributed by atoms with Crippen molar-refractivity contribution in [3.05, 3.63) is 22.7 Å². The minimum absolute atomic E-state index is 0.0650. The zero-order valence-electron chi connectivity index (χ0n) is 11.7. The number of carbonyl (C=O) groups is 1. The number of aliphatic carboxylic acids is 1. The first-order valence-electron chi connectivity index (χ1n) is 6.63. The number of hydrogen-bond donors (Lipinski definition) is 1. The molecule has 2 rings (SSSR count). The van der Waals surface area contributed by atoms with Crippen molar-refractivity contribution in [1.29, 1.82) is 0 Å². The molecule has 1 aromatic rings. The maximum absolute atomic E-state index is 12.4. The Balaban J connectivity index is 2.36. The van der Waals surface area contributed by atoms with E-state index in [1.165, 1.54) is 11.1 Å². The van der Waals surface area contributed by atoms with Crippen molar-refractivity contribution in [2.24, 2.45) is 5.92 Å². The second kappa shape index (κ2) is 6.04. The Kier molecular flexibility index (Phi) is 4.39. The first-order valence-corrected chi connectivity index (χ1v) is 6.63. The van der Waals surface area contributed by atoms with Crippen LogP contribution in [-0.2, 0) is 16.1 Å². The number of aromatic nitrogens is 2. The normalized spacial score (nSPS) is 19.4. The summed E-state index contributed by atoms with van der Waals surface area (Å²) in [4.78, 5) is 29.2. The van der Waals surface area contributed by atoms with Gasteiger partial charge in [-0.15, -0.1) is 0 Å². The van der Waals surface area contributed by atoms with Gasteiger partial charge < -0.3 is 19.3 Å². The van der Waals surface area contributed by atoms with Gasteiger partial charge in [0, 0.05) is 25.5 Å². The fourth-order valence-electron chi connectivity index (χ4n) is 2.23. The van der Waals surface area contributed by atoms with Gasteiger partial charge in [0.1, 0.15) is 0 Å². The zero-order valence-corrected chi connectivity index (χ0v) is 11.7. The van der Waals surface area contributed by atoms with Crippen molar-refractivity contribution < 1.29 is 14.6 Å². The topological polar surface area (TPSA) is 84.7 Å². The van der Waals surface area contributed by atoms with E-state index in [1.807, 2.05) is 13.8 Å². The van der Waals surface area contributed by atoms with E-state index < -0.39 is 12.0 Å². The third-order valence-electron chi connectivity index (χ3n) is 3.14. The summed E-state index contributed by atoms with van der Waals surface area (Å²) in [5, 5.41) is 9.22. The van der Waals surface area contributed by atoms with E-state index in [-0.39, 0.29) is 18.0 Å². The van der Waals surface area contributed by atoms with Crippen LogP contribution in [0.4, 0.5) is 5.82 Å². The van der Waals surface area contributed by atoms with Gasteiger partial charge in [0.05, 0.1) is 13.2 Å². The van der Waals surface area contributed by atoms with E-state index in [0.29, 0.717) is 25.6 Å². The van der Waals surface area contributed by atoms with Crippen molar-refractivity contribution in [3.8, 4) is 0 Å². The molecule has 7 nitrogen and oxygen atoms in total. The number of hydrogen-bond acceptors (Lipinski definition) is 5. The Labute approximate surface area is 116 Å². The summed E-state index contributed by atoms with van der Waals surface area (Å²) in [7, 11) is 0. The van der Waals surface area contributed by atoms with Gasteiger partial charge in [-0.2, -0.15) is 0 Å². The van der Waals surface area contributed by atoms with Crippen molar-refractivity contribution >= 4 is 11.8 Å². The van der Waals surface area contributed by atoms with Crippen LogP contribution in [-0.4, -0.2) is 46.4 Å². The molecule has 0 saturated carbocycles. The Hall–Kier alpha value is -1.89.